The normalized spacial score (nSPS) is 18.6. The summed E-state index contributed by atoms with van der Waals surface area (Å²) in [4.78, 5) is 14.4. The minimum Gasteiger partial charge on any atom is -0.333 e. The standard InChI is InChI=1S/C14H21N3O3S.ClH/c1-3-16-21(19,20)13-6-4-12(5-7-13)14(18)17-9-8-15-10-11(17)2;/h4-7,11,15-16H,3,8-10H2,1-2H3;1H/t11-;/m1./s1. The summed E-state index contributed by atoms with van der Waals surface area (Å²) < 4.78 is 26.1. The molecule has 1 aliphatic rings. The Morgan fingerprint density at radius 3 is 2.55 bits per heavy atom. The van der Waals surface area contributed by atoms with E-state index in [1.54, 1.807) is 19.1 Å². The summed E-state index contributed by atoms with van der Waals surface area (Å²) in [6, 6.07) is 6.22. The lowest BCUT2D eigenvalue weighted by Crippen LogP contribution is -2.52. The van der Waals surface area contributed by atoms with Crippen LogP contribution in [0, 0.1) is 0 Å². The number of hydrogen-bond acceptors (Lipinski definition) is 4. The number of piperazine rings is 1. The molecule has 1 aromatic carbocycles. The van der Waals surface area contributed by atoms with Crippen LogP contribution in [0.1, 0.15) is 24.2 Å². The second-order valence-corrected chi connectivity index (χ2v) is 6.84. The minimum atomic E-state index is -3.47. The minimum absolute atomic E-state index is 0. The first-order chi connectivity index (χ1) is 9.95. The lowest BCUT2D eigenvalue weighted by atomic mass is 10.1. The van der Waals surface area contributed by atoms with E-state index >= 15 is 0 Å². The SMILES string of the molecule is CCNS(=O)(=O)c1ccc(C(=O)N2CCNC[C@H]2C)cc1.Cl. The molecule has 0 saturated carbocycles. The molecule has 2 rings (SSSR count). The average molecular weight is 348 g/mol. The van der Waals surface area contributed by atoms with Gasteiger partial charge in [-0.1, -0.05) is 6.92 Å². The van der Waals surface area contributed by atoms with Crippen molar-refractivity contribution in [3.05, 3.63) is 29.8 Å². The summed E-state index contributed by atoms with van der Waals surface area (Å²) in [5.74, 6) is -0.0589. The van der Waals surface area contributed by atoms with Crippen LogP contribution in [0.2, 0.25) is 0 Å². The molecule has 6 nitrogen and oxygen atoms in total. The number of benzene rings is 1. The van der Waals surface area contributed by atoms with E-state index in [4.69, 9.17) is 0 Å². The molecule has 8 heteroatoms. The maximum Gasteiger partial charge on any atom is 0.254 e. The fraction of sp³-hybridized carbons (Fsp3) is 0.500. The van der Waals surface area contributed by atoms with Crippen LogP contribution in [0.3, 0.4) is 0 Å². The number of halogens is 1. The zero-order chi connectivity index (χ0) is 15.5. The van der Waals surface area contributed by atoms with Crippen molar-refractivity contribution in [2.45, 2.75) is 24.8 Å². The molecule has 124 valence electrons. The molecule has 0 aliphatic carbocycles. The Kier molecular flexibility index (Phi) is 6.80. The molecule has 0 spiro atoms. The van der Waals surface area contributed by atoms with Gasteiger partial charge in [-0.3, -0.25) is 4.79 Å². The lowest BCUT2D eigenvalue weighted by Gasteiger charge is -2.34. The van der Waals surface area contributed by atoms with Crippen molar-refractivity contribution in [2.75, 3.05) is 26.2 Å². The molecule has 1 atom stereocenters. The van der Waals surface area contributed by atoms with Gasteiger partial charge in [0.25, 0.3) is 5.91 Å². The molecule has 22 heavy (non-hydrogen) atoms. The van der Waals surface area contributed by atoms with Gasteiger partial charge in [0.2, 0.25) is 10.0 Å². The Morgan fingerprint density at radius 1 is 1.36 bits per heavy atom. The van der Waals surface area contributed by atoms with Crippen LogP contribution < -0.4 is 10.0 Å². The number of carbonyl (C=O) groups excluding carboxylic acids is 1. The van der Waals surface area contributed by atoms with Gasteiger partial charge in [-0.05, 0) is 31.2 Å². The van der Waals surface area contributed by atoms with Crippen molar-refractivity contribution in [1.82, 2.24) is 14.9 Å². The van der Waals surface area contributed by atoms with Crippen LogP contribution in [0.25, 0.3) is 0 Å². The molecule has 2 N–H and O–H groups in total. The van der Waals surface area contributed by atoms with Crippen molar-refractivity contribution < 1.29 is 13.2 Å². The van der Waals surface area contributed by atoms with Crippen LogP contribution in [-0.4, -0.2) is 51.4 Å². The number of amides is 1. The first-order valence-electron chi connectivity index (χ1n) is 7.07. The van der Waals surface area contributed by atoms with Gasteiger partial charge in [0, 0.05) is 37.8 Å². The largest absolute Gasteiger partial charge is 0.333 e. The van der Waals surface area contributed by atoms with Crippen LogP contribution >= 0.6 is 12.4 Å². The van der Waals surface area contributed by atoms with Crippen molar-refractivity contribution >= 4 is 28.3 Å². The van der Waals surface area contributed by atoms with Gasteiger partial charge in [-0.15, -0.1) is 12.4 Å². The maximum atomic E-state index is 12.4. The van der Waals surface area contributed by atoms with E-state index < -0.39 is 10.0 Å². The Morgan fingerprint density at radius 2 is 2.00 bits per heavy atom. The van der Waals surface area contributed by atoms with Gasteiger partial charge in [0.05, 0.1) is 4.90 Å². The highest BCUT2D eigenvalue weighted by atomic mass is 35.5. The zero-order valence-electron chi connectivity index (χ0n) is 12.7. The highest BCUT2D eigenvalue weighted by Crippen LogP contribution is 2.14. The van der Waals surface area contributed by atoms with Gasteiger partial charge >= 0.3 is 0 Å². The number of hydrogen-bond donors (Lipinski definition) is 2. The quantitative estimate of drug-likeness (QED) is 0.846. The monoisotopic (exact) mass is 347 g/mol. The van der Waals surface area contributed by atoms with Crippen LogP contribution in [0.5, 0.6) is 0 Å². The molecule has 1 aromatic rings. The summed E-state index contributed by atoms with van der Waals surface area (Å²) in [5.41, 5.74) is 0.513. The highest BCUT2D eigenvalue weighted by molar-refractivity contribution is 7.89. The predicted molar refractivity (Wildman–Crippen MR) is 87.9 cm³/mol. The summed E-state index contributed by atoms with van der Waals surface area (Å²) in [6.07, 6.45) is 0. The van der Waals surface area contributed by atoms with Gasteiger partial charge in [-0.2, -0.15) is 0 Å². The van der Waals surface area contributed by atoms with Crippen molar-refractivity contribution in [1.29, 1.82) is 0 Å². The van der Waals surface area contributed by atoms with E-state index in [0.29, 0.717) is 18.7 Å². The number of carbonyl (C=O) groups is 1. The number of nitrogens with zero attached hydrogens (tertiary/aromatic N) is 1. The summed E-state index contributed by atoms with van der Waals surface area (Å²) in [5, 5.41) is 3.23. The van der Waals surface area contributed by atoms with E-state index in [9.17, 15) is 13.2 Å². The summed E-state index contributed by atoms with van der Waals surface area (Å²) >= 11 is 0. The topological polar surface area (TPSA) is 78.5 Å². The van der Waals surface area contributed by atoms with Crippen molar-refractivity contribution in [3.63, 3.8) is 0 Å². The van der Waals surface area contributed by atoms with E-state index in [1.165, 1.54) is 12.1 Å². The number of rotatable bonds is 4. The first kappa shape index (κ1) is 18.9. The van der Waals surface area contributed by atoms with Gasteiger partial charge in [0.1, 0.15) is 0 Å². The molecule has 1 aliphatic heterocycles. The molecule has 1 amide bonds. The maximum absolute atomic E-state index is 12.4. The molecule has 0 radical (unpaired) electrons. The summed E-state index contributed by atoms with van der Waals surface area (Å²) in [6.45, 7) is 6.27. The van der Waals surface area contributed by atoms with Crippen LogP contribution in [0.4, 0.5) is 0 Å². The van der Waals surface area contributed by atoms with Crippen molar-refractivity contribution in [2.24, 2.45) is 0 Å². The van der Waals surface area contributed by atoms with Gasteiger partial charge < -0.3 is 10.2 Å². The summed E-state index contributed by atoms with van der Waals surface area (Å²) in [7, 11) is -3.47. The molecule has 1 fully saturated rings. The van der Waals surface area contributed by atoms with E-state index in [-0.39, 0.29) is 29.3 Å². The third-order valence-corrected chi connectivity index (χ3v) is 5.07. The zero-order valence-corrected chi connectivity index (χ0v) is 14.3. The lowest BCUT2D eigenvalue weighted by molar-refractivity contribution is 0.0655. The van der Waals surface area contributed by atoms with E-state index in [0.717, 1.165) is 13.1 Å². The molecule has 1 heterocycles. The fourth-order valence-corrected chi connectivity index (χ4v) is 3.40. The molecular weight excluding hydrogens is 326 g/mol. The fourth-order valence-electron chi connectivity index (χ4n) is 2.36. The van der Waals surface area contributed by atoms with Crippen LogP contribution in [0.15, 0.2) is 29.2 Å². The number of sulfonamides is 1. The highest BCUT2D eigenvalue weighted by Gasteiger charge is 2.24. The van der Waals surface area contributed by atoms with Crippen LogP contribution in [-0.2, 0) is 10.0 Å². The second-order valence-electron chi connectivity index (χ2n) is 5.08. The number of nitrogens with one attached hydrogen (secondary N) is 2. The second kappa shape index (κ2) is 7.92. The third-order valence-electron chi connectivity index (χ3n) is 3.51. The third kappa shape index (κ3) is 4.19. The molecular formula is C14H22ClN3O3S. The average Bonchev–Trinajstić information content (AvgIpc) is 2.47. The molecule has 0 aromatic heterocycles. The van der Waals surface area contributed by atoms with Crippen molar-refractivity contribution in [3.8, 4) is 0 Å². The Bertz CT molecular complexity index is 604. The van der Waals surface area contributed by atoms with E-state index in [1.807, 2.05) is 11.8 Å². The molecule has 0 bridgehead atoms. The first-order valence-corrected chi connectivity index (χ1v) is 8.55. The Balaban J connectivity index is 0.00000242. The van der Waals surface area contributed by atoms with Gasteiger partial charge in [0.15, 0.2) is 0 Å². The van der Waals surface area contributed by atoms with Gasteiger partial charge in [-0.25, -0.2) is 13.1 Å². The Hall–Kier alpha value is -1.15. The van der Waals surface area contributed by atoms with E-state index in [2.05, 4.69) is 10.0 Å². The predicted octanol–water partition coefficient (Wildman–Crippen LogP) is 0.841. The molecule has 0 unspecified atom stereocenters. The molecule has 1 saturated heterocycles. The smallest absolute Gasteiger partial charge is 0.254 e. The Labute approximate surface area is 137 Å².